The predicted molar refractivity (Wildman–Crippen MR) is 75.1 cm³/mol. The summed E-state index contributed by atoms with van der Waals surface area (Å²) in [5, 5.41) is 3.45. The van der Waals surface area contributed by atoms with Crippen LogP contribution in [0.3, 0.4) is 0 Å². The Labute approximate surface area is 120 Å². The molecule has 2 atom stereocenters. The monoisotopic (exact) mass is 294 g/mol. The highest BCUT2D eigenvalue weighted by atomic mass is 35.5. The normalized spacial score (nSPS) is 38.5. The highest BCUT2D eigenvalue weighted by Gasteiger charge is 2.42. The quantitative estimate of drug-likeness (QED) is 0.842. The van der Waals surface area contributed by atoms with E-state index in [0.717, 1.165) is 39.1 Å². The maximum absolute atomic E-state index is 13.4. The van der Waals surface area contributed by atoms with Gasteiger partial charge in [-0.2, -0.15) is 0 Å². The Morgan fingerprint density at radius 2 is 2.05 bits per heavy atom. The van der Waals surface area contributed by atoms with E-state index in [1.54, 1.807) is 0 Å². The van der Waals surface area contributed by atoms with E-state index in [0.29, 0.717) is 11.8 Å². The van der Waals surface area contributed by atoms with E-state index in [4.69, 9.17) is 0 Å². The average Bonchev–Trinajstić information content (AvgIpc) is 2.89. The minimum Gasteiger partial charge on any atom is -0.316 e. The number of hydrogen-bond donors (Lipinski definition) is 1. The summed E-state index contributed by atoms with van der Waals surface area (Å²) >= 11 is 0. The lowest BCUT2D eigenvalue weighted by Crippen LogP contribution is -2.36. The first kappa shape index (κ1) is 15.5. The SMILES string of the molecule is Cl.FC1(F)CCCC(CN2CCC3(CCNC3)C2)C1. The van der Waals surface area contributed by atoms with Gasteiger partial charge in [-0.3, -0.25) is 0 Å². The van der Waals surface area contributed by atoms with E-state index in [1.165, 1.54) is 12.8 Å². The topological polar surface area (TPSA) is 15.3 Å². The molecule has 1 saturated carbocycles. The third-order valence-electron chi connectivity index (χ3n) is 5.11. The minimum atomic E-state index is -2.39. The van der Waals surface area contributed by atoms with Gasteiger partial charge in [0.25, 0.3) is 0 Å². The van der Waals surface area contributed by atoms with Crippen LogP contribution in [0.2, 0.25) is 0 Å². The van der Waals surface area contributed by atoms with Crippen molar-refractivity contribution >= 4 is 12.4 Å². The van der Waals surface area contributed by atoms with Gasteiger partial charge in [-0.05, 0) is 50.1 Å². The third-order valence-corrected chi connectivity index (χ3v) is 5.11. The lowest BCUT2D eigenvalue weighted by molar-refractivity contribution is -0.0563. The van der Waals surface area contributed by atoms with Gasteiger partial charge < -0.3 is 10.2 Å². The zero-order chi connectivity index (χ0) is 12.6. The molecular weight excluding hydrogens is 270 g/mol. The van der Waals surface area contributed by atoms with Crippen LogP contribution in [0.1, 0.15) is 38.5 Å². The molecule has 2 heterocycles. The van der Waals surface area contributed by atoms with E-state index in [9.17, 15) is 8.78 Å². The summed E-state index contributed by atoms with van der Waals surface area (Å²) in [7, 11) is 0. The molecule has 0 aromatic carbocycles. The summed E-state index contributed by atoms with van der Waals surface area (Å²) in [6, 6.07) is 0. The van der Waals surface area contributed by atoms with Crippen LogP contribution in [-0.4, -0.2) is 43.5 Å². The van der Waals surface area contributed by atoms with Crippen LogP contribution < -0.4 is 5.32 Å². The summed E-state index contributed by atoms with van der Waals surface area (Å²) in [6.07, 6.45) is 4.45. The molecule has 5 heteroatoms. The predicted octanol–water partition coefficient (Wildman–Crippen LogP) is 2.92. The molecule has 0 radical (unpaired) electrons. The van der Waals surface area contributed by atoms with Crippen molar-refractivity contribution in [2.75, 3.05) is 32.7 Å². The summed E-state index contributed by atoms with van der Waals surface area (Å²) in [6.45, 7) is 5.41. The Hall–Kier alpha value is 0.0700. The van der Waals surface area contributed by atoms with Crippen LogP contribution in [0.4, 0.5) is 8.78 Å². The van der Waals surface area contributed by atoms with Crippen LogP contribution in [-0.2, 0) is 0 Å². The number of rotatable bonds is 2. The van der Waals surface area contributed by atoms with E-state index < -0.39 is 5.92 Å². The van der Waals surface area contributed by atoms with E-state index in [-0.39, 0.29) is 31.2 Å². The Bertz CT molecular complexity index is 306. The van der Waals surface area contributed by atoms with Crippen LogP contribution in [0.5, 0.6) is 0 Å². The van der Waals surface area contributed by atoms with Crippen molar-refractivity contribution in [3.8, 4) is 0 Å². The molecule has 19 heavy (non-hydrogen) atoms. The van der Waals surface area contributed by atoms with Crippen molar-refractivity contribution in [1.82, 2.24) is 10.2 Å². The highest BCUT2D eigenvalue weighted by Crippen LogP contribution is 2.40. The number of hydrogen-bond acceptors (Lipinski definition) is 2. The molecule has 2 unspecified atom stereocenters. The summed E-state index contributed by atoms with van der Waals surface area (Å²) < 4.78 is 26.8. The molecule has 1 aliphatic carbocycles. The van der Waals surface area contributed by atoms with Crippen LogP contribution in [0.15, 0.2) is 0 Å². The molecular formula is C14H25ClF2N2. The highest BCUT2D eigenvalue weighted by molar-refractivity contribution is 5.85. The van der Waals surface area contributed by atoms with Gasteiger partial charge in [-0.25, -0.2) is 8.78 Å². The van der Waals surface area contributed by atoms with Crippen LogP contribution >= 0.6 is 12.4 Å². The molecule has 2 nitrogen and oxygen atoms in total. The fourth-order valence-electron chi connectivity index (χ4n) is 4.12. The first-order valence-electron chi connectivity index (χ1n) is 7.38. The van der Waals surface area contributed by atoms with Crippen LogP contribution in [0, 0.1) is 11.3 Å². The molecule has 0 amide bonds. The van der Waals surface area contributed by atoms with Gasteiger partial charge >= 0.3 is 0 Å². The van der Waals surface area contributed by atoms with E-state index in [2.05, 4.69) is 10.2 Å². The lowest BCUT2D eigenvalue weighted by atomic mass is 9.85. The molecule has 3 rings (SSSR count). The molecule has 2 saturated heterocycles. The van der Waals surface area contributed by atoms with E-state index in [1.807, 2.05) is 0 Å². The van der Waals surface area contributed by atoms with Crippen LogP contribution in [0.25, 0.3) is 0 Å². The smallest absolute Gasteiger partial charge is 0.248 e. The maximum Gasteiger partial charge on any atom is 0.248 e. The van der Waals surface area contributed by atoms with Crippen molar-refractivity contribution in [3.63, 3.8) is 0 Å². The summed E-state index contributed by atoms with van der Waals surface area (Å²) in [5.41, 5.74) is 0.469. The molecule has 0 bridgehead atoms. The fourth-order valence-corrected chi connectivity index (χ4v) is 4.12. The van der Waals surface area contributed by atoms with Gasteiger partial charge in [0, 0.05) is 32.5 Å². The Kier molecular flexibility index (Phi) is 4.74. The zero-order valence-corrected chi connectivity index (χ0v) is 12.3. The molecule has 3 aliphatic rings. The fraction of sp³-hybridized carbons (Fsp3) is 1.00. The number of nitrogens with one attached hydrogen (secondary N) is 1. The van der Waals surface area contributed by atoms with Crippen molar-refractivity contribution < 1.29 is 8.78 Å². The maximum atomic E-state index is 13.4. The molecule has 112 valence electrons. The van der Waals surface area contributed by atoms with Crippen molar-refractivity contribution in [3.05, 3.63) is 0 Å². The molecule has 1 spiro atoms. The number of halogens is 3. The van der Waals surface area contributed by atoms with Gasteiger partial charge in [-0.15, -0.1) is 12.4 Å². The number of likely N-dealkylation sites (tertiary alicyclic amines) is 1. The van der Waals surface area contributed by atoms with Crippen molar-refractivity contribution in [2.24, 2.45) is 11.3 Å². The number of alkyl halides is 2. The Balaban J connectivity index is 0.00000133. The molecule has 1 N–H and O–H groups in total. The van der Waals surface area contributed by atoms with Gasteiger partial charge in [0.15, 0.2) is 0 Å². The summed E-state index contributed by atoms with van der Waals surface area (Å²) in [4.78, 5) is 2.44. The number of nitrogens with zero attached hydrogens (tertiary/aromatic N) is 1. The lowest BCUT2D eigenvalue weighted by Gasteiger charge is -2.32. The molecule has 3 fully saturated rings. The standard InChI is InChI=1S/C14H24F2N2.ClH/c15-14(16)3-1-2-12(8-14)9-18-7-5-13(11-18)4-6-17-10-13;/h12,17H,1-11H2;1H. The molecule has 0 aromatic rings. The van der Waals surface area contributed by atoms with Gasteiger partial charge in [0.1, 0.15) is 0 Å². The van der Waals surface area contributed by atoms with E-state index >= 15 is 0 Å². The van der Waals surface area contributed by atoms with Gasteiger partial charge in [0.05, 0.1) is 0 Å². The third kappa shape index (κ3) is 3.59. The molecule has 0 aromatic heterocycles. The van der Waals surface area contributed by atoms with Gasteiger partial charge in [0.2, 0.25) is 5.92 Å². The zero-order valence-electron chi connectivity index (χ0n) is 11.5. The Morgan fingerprint density at radius 3 is 2.74 bits per heavy atom. The average molecular weight is 295 g/mol. The molecule has 2 aliphatic heterocycles. The minimum absolute atomic E-state index is 0. The Morgan fingerprint density at radius 1 is 1.21 bits per heavy atom. The largest absolute Gasteiger partial charge is 0.316 e. The first-order valence-corrected chi connectivity index (χ1v) is 7.38. The van der Waals surface area contributed by atoms with Crippen molar-refractivity contribution in [2.45, 2.75) is 44.4 Å². The summed E-state index contributed by atoms with van der Waals surface area (Å²) in [5.74, 6) is -2.17. The second-order valence-corrected chi connectivity index (χ2v) is 6.73. The second-order valence-electron chi connectivity index (χ2n) is 6.73. The van der Waals surface area contributed by atoms with Crippen molar-refractivity contribution in [1.29, 1.82) is 0 Å². The van der Waals surface area contributed by atoms with Gasteiger partial charge in [-0.1, -0.05) is 0 Å². The first-order chi connectivity index (χ1) is 8.57. The second kappa shape index (κ2) is 5.82.